The lowest BCUT2D eigenvalue weighted by atomic mass is 9.88. The van der Waals surface area contributed by atoms with Gasteiger partial charge in [0.2, 0.25) is 0 Å². The molecule has 3 heterocycles. The topological polar surface area (TPSA) is 57.5 Å². The van der Waals surface area contributed by atoms with E-state index >= 15 is 0 Å². The lowest BCUT2D eigenvalue weighted by Crippen LogP contribution is -2.45. The van der Waals surface area contributed by atoms with Crippen molar-refractivity contribution in [2.24, 2.45) is 10.9 Å². The molecule has 0 amide bonds. The Kier molecular flexibility index (Phi) is 7.38. The van der Waals surface area contributed by atoms with E-state index in [4.69, 9.17) is 0 Å². The highest BCUT2D eigenvalue weighted by Crippen LogP contribution is 2.36. The van der Waals surface area contributed by atoms with Crippen molar-refractivity contribution >= 4 is 17.3 Å². The summed E-state index contributed by atoms with van der Waals surface area (Å²) in [6.07, 6.45) is 7.21. The van der Waals surface area contributed by atoms with Gasteiger partial charge in [0.05, 0.1) is 5.69 Å². The zero-order valence-electron chi connectivity index (χ0n) is 18.4. The fourth-order valence-corrected chi connectivity index (χ4v) is 5.38. The average Bonchev–Trinajstić information content (AvgIpc) is 3.51. The molecule has 6 nitrogen and oxygen atoms in total. The maximum Gasteiger partial charge on any atom is 0.190 e. The van der Waals surface area contributed by atoms with Gasteiger partial charge in [-0.25, -0.2) is 4.68 Å². The van der Waals surface area contributed by atoms with Gasteiger partial charge in [-0.3, -0.25) is 9.89 Å². The van der Waals surface area contributed by atoms with E-state index in [1.165, 1.54) is 29.8 Å². The molecular weight excluding hydrogens is 404 g/mol. The summed E-state index contributed by atoms with van der Waals surface area (Å²) < 4.78 is 1.87. The van der Waals surface area contributed by atoms with Crippen LogP contribution < -0.4 is 10.6 Å². The zero-order chi connectivity index (χ0) is 21.5. The van der Waals surface area contributed by atoms with Crippen LogP contribution in [0.4, 0.5) is 0 Å². The largest absolute Gasteiger partial charge is 0.356 e. The van der Waals surface area contributed by atoms with Crippen LogP contribution in [0.5, 0.6) is 0 Å². The van der Waals surface area contributed by atoms with Crippen molar-refractivity contribution in [3.8, 4) is 5.69 Å². The third-order valence-electron chi connectivity index (χ3n) is 6.01. The van der Waals surface area contributed by atoms with Gasteiger partial charge >= 0.3 is 0 Å². The second-order valence-corrected chi connectivity index (χ2v) is 9.07. The normalized spacial score (nSPS) is 20.0. The number of thiophene rings is 1. The molecule has 0 aliphatic carbocycles. The van der Waals surface area contributed by atoms with Crippen molar-refractivity contribution in [3.63, 3.8) is 0 Å². The Labute approximate surface area is 189 Å². The Morgan fingerprint density at radius 1 is 1.19 bits per heavy atom. The number of nitrogens with one attached hydrogen (secondary N) is 2. The molecule has 1 aliphatic heterocycles. The molecule has 0 radical (unpaired) electrons. The minimum Gasteiger partial charge on any atom is -0.356 e. The number of guanidine groups is 1. The number of aliphatic imine (C=N–C) groups is 1. The van der Waals surface area contributed by atoms with Gasteiger partial charge in [-0.1, -0.05) is 18.2 Å². The number of hydrogen-bond donors (Lipinski definition) is 2. The predicted octanol–water partition coefficient (Wildman–Crippen LogP) is 3.72. The quantitative estimate of drug-likeness (QED) is 0.438. The summed E-state index contributed by atoms with van der Waals surface area (Å²) >= 11 is 1.87. The Bertz CT molecular complexity index is 933. The van der Waals surface area contributed by atoms with Crippen molar-refractivity contribution < 1.29 is 0 Å². The lowest BCUT2D eigenvalue weighted by molar-refractivity contribution is 0.125. The first-order valence-corrected chi connectivity index (χ1v) is 11.9. The van der Waals surface area contributed by atoms with E-state index in [1.54, 1.807) is 6.20 Å². The monoisotopic (exact) mass is 436 g/mol. The number of aromatic nitrogens is 2. The summed E-state index contributed by atoms with van der Waals surface area (Å²) in [5, 5.41) is 13.5. The van der Waals surface area contributed by atoms with Crippen molar-refractivity contribution in [2.45, 2.75) is 25.3 Å². The molecule has 1 aromatic carbocycles. The molecule has 7 heteroatoms. The Morgan fingerprint density at radius 2 is 2.06 bits per heavy atom. The molecule has 0 bridgehead atoms. The van der Waals surface area contributed by atoms with Crippen LogP contribution >= 0.6 is 11.3 Å². The van der Waals surface area contributed by atoms with Gasteiger partial charge in [0.25, 0.3) is 0 Å². The minimum absolute atomic E-state index is 0.493. The summed E-state index contributed by atoms with van der Waals surface area (Å²) in [5.41, 5.74) is 2.38. The molecule has 0 saturated carbocycles. The highest BCUT2D eigenvalue weighted by atomic mass is 32.1. The number of likely N-dealkylation sites (tertiary alicyclic amines) is 1. The van der Waals surface area contributed by atoms with Crippen LogP contribution in [0.1, 0.15) is 29.3 Å². The maximum absolute atomic E-state index is 4.43. The lowest BCUT2D eigenvalue weighted by Gasteiger charge is -2.39. The van der Waals surface area contributed by atoms with Gasteiger partial charge in [-0.05, 0) is 74.0 Å². The molecular formula is C24H32N6S. The van der Waals surface area contributed by atoms with Crippen LogP contribution in [0, 0.1) is 5.92 Å². The van der Waals surface area contributed by atoms with Gasteiger partial charge in [0.1, 0.15) is 0 Å². The smallest absolute Gasteiger partial charge is 0.190 e. The van der Waals surface area contributed by atoms with Crippen LogP contribution in [0.15, 0.2) is 65.2 Å². The standard InChI is InChI=1S/C24H32N6S/c1-25-24(26-14-12-19-8-10-21(11-9-19)30-16-5-13-28-30)27-18-20-6-3-15-29(2)23(20)22-7-4-17-31-22/h4-5,7-11,13,16-17,20,23H,3,6,12,14-15,18H2,1-2H3,(H2,25,26,27). The van der Waals surface area contributed by atoms with Crippen molar-refractivity contribution in [2.75, 3.05) is 33.7 Å². The zero-order valence-corrected chi connectivity index (χ0v) is 19.2. The Hall–Kier alpha value is -2.64. The van der Waals surface area contributed by atoms with E-state index in [-0.39, 0.29) is 0 Å². The molecule has 164 valence electrons. The number of piperidine rings is 1. The van der Waals surface area contributed by atoms with E-state index < -0.39 is 0 Å². The van der Waals surface area contributed by atoms with E-state index in [1.807, 2.05) is 35.3 Å². The summed E-state index contributed by atoms with van der Waals surface area (Å²) in [6.45, 7) is 2.95. The molecule has 1 fully saturated rings. The van der Waals surface area contributed by atoms with Crippen LogP contribution in [0.25, 0.3) is 5.69 Å². The summed E-state index contributed by atoms with van der Waals surface area (Å²) in [4.78, 5) is 8.40. The molecule has 2 unspecified atom stereocenters. The number of benzene rings is 1. The van der Waals surface area contributed by atoms with Crippen LogP contribution in [-0.2, 0) is 6.42 Å². The van der Waals surface area contributed by atoms with Crippen LogP contribution in [-0.4, -0.2) is 54.4 Å². The van der Waals surface area contributed by atoms with E-state index in [9.17, 15) is 0 Å². The fourth-order valence-electron chi connectivity index (χ4n) is 4.39. The maximum atomic E-state index is 4.43. The first-order chi connectivity index (χ1) is 15.2. The number of rotatable bonds is 7. The second kappa shape index (κ2) is 10.6. The molecule has 1 saturated heterocycles. The molecule has 3 aromatic rings. The van der Waals surface area contributed by atoms with E-state index in [2.05, 4.69) is 74.5 Å². The summed E-state index contributed by atoms with van der Waals surface area (Å²) in [5.74, 6) is 1.47. The summed E-state index contributed by atoms with van der Waals surface area (Å²) in [7, 11) is 4.10. The van der Waals surface area contributed by atoms with Crippen molar-refractivity contribution in [3.05, 3.63) is 70.7 Å². The van der Waals surface area contributed by atoms with Gasteiger partial charge in [0, 0.05) is 43.4 Å². The van der Waals surface area contributed by atoms with Gasteiger partial charge < -0.3 is 10.6 Å². The van der Waals surface area contributed by atoms with E-state index in [0.717, 1.165) is 31.2 Å². The average molecular weight is 437 g/mol. The summed E-state index contributed by atoms with van der Waals surface area (Å²) in [6, 6.07) is 15.4. The predicted molar refractivity (Wildman–Crippen MR) is 129 cm³/mol. The fraction of sp³-hybridized carbons (Fsp3) is 0.417. The SMILES string of the molecule is CN=C(NCCc1ccc(-n2cccn2)cc1)NCC1CCCN(C)C1c1cccs1. The molecule has 4 rings (SSSR count). The van der Waals surface area contributed by atoms with Crippen LogP contribution in [0.2, 0.25) is 0 Å². The second-order valence-electron chi connectivity index (χ2n) is 8.09. The highest BCUT2D eigenvalue weighted by molar-refractivity contribution is 7.10. The molecule has 2 aromatic heterocycles. The van der Waals surface area contributed by atoms with Crippen molar-refractivity contribution in [1.82, 2.24) is 25.3 Å². The highest BCUT2D eigenvalue weighted by Gasteiger charge is 2.31. The molecule has 0 spiro atoms. The van der Waals surface area contributed by atoms with Gasteiger partial charge in [0.15, 0.2) is 5.96 Å². The first kappa shape index (κ1) is 21.6. The van der Waals surface area contributed by atoms with Crippen molar-refractivity contribution in [1.29, 1.82) is 0 Å². The number of nitrogens with zero attached hydrogens (tertiary/aromatic N) is 4. The first-order valence-electron chi connectivity index (χ1n) is 11.0. The van der Waals surface area contributed by atoms with Gasteiger partial charge in [-0.2, -0.15) is 5.10 Å². The molecule has 31 heavy (non-hydrogen) atoms. The Morgan fingerprint density at radius 3 is 2.77 bits per heavy atom. The van der Waals surface area contributed by atoms with Crippen LogP contribution in [0.3, 0.4) is 0 Å². The Balaban J connectivity index is 1.26. The van der Waals surface area contributed by atoms with E-state index in [0.29, 0.717) is 12.0 Å². The molecule has 2 N–H and O–H groups in total. The molecule has 1 aliphatic rings. The third-order valence-corrected chi connectivity index (χ3v) is 6.95. The molecule has 2 atom stereocenters. The van der Waals surface area contributed by atoms with Gasteiger partial charge in [-0.15, -0.1) is 11.3 Å². The third kappa shape index (κ3) is 5.54. The minimum atomic E-state index is 0.493. The number of hydrogen-bond acceptors (Lipinski definition) is 4.